The van der Waals surface area contributed by atoms with Gasteiger partial charge in [-0.25, -0.2) is 0 Å². The Hall–Kier alpha value is -2.37. The van der Waals surface area contributed by atoms with Crippen molar-refractivity contribution in [3.63, 3.8) is 0 Å². The van der Waals surface area contributed by atoms with Crippen molar-refractivity contribution in [2.75, 3.05) is 0 Å². The zero-order valence-electron chi connectivity index (χ0n) is 14.4. The van der Waals surface area contributed by atoms with Crippen LogP contribution < -0.4 is 10.1 Å². The van der Waals surface area contributed by atoms with E-state index < -0.39 is 5.60 Å². The van der Waals surface area contributed by atoms with E-state index in [1.807, 2.05) is 24.3 Å². The molecule has 0 aliphatic heterocycles. The summed E-state index contributed by atoms with van der Waals surface area (Å²) in [4.78, 5) is 24.3. The zero-order valence-corrected chi connectivity index (χ0v) is 16.0. The third-order valence-electron chi connectivity index (χ3n) is 3.96. The van der Waals surface area contributed by atoms with Gasteiger partial charge in [0, 0.05) is 16.3 Å². The van der Waals surface area contributed by atoms with E-state index in [-0.39, 0.29) is 5.91 Å². The van der Waals surface area contributed by atoms with Gasteiger partial charge in [-0.15, -0.1) is 11.3 Å². The average Bonchev–Trinajstić information content (AvgIpc) is 3.05. The first-order valence-electron chi connectivity index (χ1n) is 8.08. The van der Waals surface area contributed by atoms with Crippen LogP contribution in [0.1, 0.15) is 29.1 Å². The molecule has 134 valence electrons. The minimum Gasteiger partial charge on any atom is -0.478 e. The van der Waals surface area contributed by atoms with Crippen molar-refractivity contribution in [2.24, 2.45) is 0 Å². The van der Waals surface area contributed by atoms with E-state index in [9.17, 15) is 9.59 Å². The Bertz CT molecular complexity index is 947. The number of amides is 1. The number of carbonyl (C=O) groups excluding carboxylic acids is 2. The van der Waals surface area contributed by atoms with Crippen LogP contribution in [0.25, 0.3) is 10.1 Å². The van der Waals surface area contributed by atoms with Gasteiger partial charge in [0.25, 0.3) is 5.91 Å². The number of thiophene rings is 1. The van der Waals surface area contributed by atoms with Crippen molar-refractivity contribution in [2.45, 2.75) is 26.0 Å². The van der Waals surface area contributed by atoms with Crippen molar-refractivity contribution < 1.29 is 14.3 Å². The summed E-state index contributed by atoms with van der Waals surface area (Å²) in [6, 6.07) is 14.6. The van der Waals surface area contributed by atoms with E-state index in [0.717, 1.165) is 21.9 Å². The first kappa shape index (κ1) is 18.4. The molecule has 0 spiro atoms. The second-order valence-corrected chi connectivity index (χ2v) is 7.90. The van der Waals surface area contributed by atoms with Crippen molar-refractivity contribution in [1.29, 1.82) is 0 Å². The number of halogens is 1. The maximum absolute atomic E-state index is 12.6. The van der Waals surface area contributed by atoms with Crippen LogP contribution in [0.4, 0.5) is 0 Å². The minimum atomic E-state index is -1.04. The summed E-state index contributed by atoms with van der Waals surface area (Å²) in [5.74, 6) is 0.348. The normalized spacial score (nSPS) is 11.3. The van der Waals surface area contributed by atoms with E-state index >= 15 is 0 Å². The Morgan fingerprint density at radius 2 is 1.96 bits per heavy atom. The molecule has 3 aromatic rings. The molecule has 2 aromatic carbocycles. The highest BCUT2D eigenvalue weighted by Gasteiger charge is 2.29. The highest BCUT2D eigenvalue weighted by molar-refractivity contribution is 7.20. The maximum Gasteiger partial charge on any atom is 0.263 e. The molecule has 4 nitrogen and oxygen atoms in total. The van der Waals surface area contributed by atoms with Gasteiger partial charge in [-0.3, -0.25) is 9.59 Å². The Balaban J connectivity index is 1.70. The summed E-state index contributed by atoms with van der Waals surface area (Å²) in [5, 5.41) is 4.51. The third-order valence-corrected chi connectivity index (χ3v) is 5.24. The molecule has 1 aromatic heterocycles. The number of hydrogen-bond donors (Lipinski definition) is 1. The fourth-order valence-electron chi connectivity index (χ4n) is 2.59. The monoisotopic (exact) mass is 387 g/mol. The highest BCUT2D eigenvalue weighted by Crippen LogP contribution is 2.27. The smallest absolute Gasteiger partial charge is 0.263 e. The SMILES string of the molecule is CC(C)(Oc1ccc(Cl)cc1)C(=O)NCc1cccc2sc(C=O)cc12. The molecule has 1 heterocycles. The van der Waals surface area contributed by atoms with Crippen LogP contribution in [0.15, 0.2) is 48.5 Å². The molecule has 0 unspecified atom stereocenters. The molecule has 3 rings (SSSR count). The Kier molecular flexibility index (Phi) is 5.30. The molecular formula is C20H18ClNO3S. The third kappa shape index (κ3) is 4.06. The fourth-order valence-corrected chi connectivity index (χ4v) is 3.64. The topological polar surface area (TPSA) is 55.4 Å². The van der Waals surface area contributed by atoms with Crippen LogP contribution >= 0.6 is 22.9 Å². The van der Waals surface area contributed by atoms with Crippen LogP contribution in [-0.4, -0.2) is 17.8 Å². The predicted octanol–water partition coefficient (Wildman–Crippen LogP) is 4.84. The number of carbonyl (C=O) groups is 2. The Morgan fingerprint density at radius 1 is 1.23 bits per heavy atom. The summed E-state index contributed by atoms with van der Waals surface area (Å²) in [5.41, 5.74) is -0.0767. The van der Waals surface area contributed by atoms with Gasteiger partial charge in [0.05, 0.1) is 4.88 Å². The van der Waals surface area contributed by atoms with Crippen LogP contribution in [0.5, 0.6) is 5.75 Å². The molecule has 0 saturated carbocycles. The molecule has 0 aliphatic carbocycles. The van der Waals surface area contributed by atoms with Crippen molar-refractivity contribution in [3.05, 3.63) is 64.0 Å². The van der Waals surface area contributed by atoms with Gasteiger partial charge in [-0.1, -0.05) is 23.7 Å². The fraction of sp³-hybridized carbons (Fsp3) is 0.200. The second kappa shape index (κ2) is 7.48. The molecule has 0 radical (unpaired) electrons. The lowest BCUT2D eigenvalue weighted by Crippen LogP contribution is -2.46. The summed E-state index contributed by atoms with van der Waals surface area (Å²) in [7, 11) is 0. The van der Waals surface area contributed by atoms with Gasteiger partial charge in [-0.2, -0.15) is 0 Å². The van der Waals surface area contributed by atoms with E-state index in [4.69, 9.17) is 16.3 Å². The van der Waals surface area contributed by atoms with Gasteiger partial charge in [0.1, 0.15) is 5.75 Å². The quantitative estimate of drug-likeness (QED) is 0.615. The van der Waals surface area contributed by atoms with Crippen molar-refractivity contribution in [3.8, 4) is 5.75 Å². The zero-order chi connectivity index (χ0) is 18.7. The lowest BCUT2D eigenvalue weighted by Gasteiger charge is -2.25. The summed E-state index contributed by atoms with van der Waals surface area (Å²) < 4.78 is 6.82. The molecule has 1 amide bonds. The number of benzene rings is 2. The van der Waals surface area contributed by atoms with E-state index in [1.54, 1.807) is 38.1 Å². The molecular weight excluding hydrogens is 370 g/mol. The number of hydrogen-bond acceptors (Lipinski definition) is 4. The van der Waals surface area contributed by atoms with E-state index in [0.29, 0.717) is 22.2 Å². The first-order valence-corrected chi connectivity index (χ1v) is 9.28. The van der Waals surface area contributed by atoms with E-state index in [1.165, 1.54) is 11.3 Å². The van der Waals surface area contributed by atoms with Gasteiger partial charge >= 0.3 is 0 Å². The van der Waals surface area contributed by atoms with Gasteiger partial charge < -0.3 is 10.1 Å². The van der Waals surface area contributed by atoms with Crippen LogP contribution in [0, 0.1) is 0 Å². The minimum absolute atomic E-state index is 0.227. The van der Waals surface area contributed by atoms with E-state index in [2.05, 4.69) is 5.32 Å². The lowest BCUT2D eigenvalue weighted by atomic mass is 10.1. The van der Waals surface area contributed by atoms with Crippen LogP contribution in [0.3, 0.4) is 0 Å². The Labute approximate surface area is 160 Å². The van der Waals surface area contributed by atoms with Crippen LogP contribution in [0.2, 0.25) is 5.02 Å². The predicted molar refractivity (Wildman–Crippen MR) is 105 cm³/mol. The Morgan fingerprint density at radius 3 is 2.65 bits per heavy atom. The van der Waals surface area contributed by atoms with Crippen molar-refractivity contribution in [1.82, 2.24) is 5.32 Å². The average molecular weight is 388 g/mol. The number of nitrogens with one attached hydrogen (secondary N) is 1. The molecule has 0 bridgehead atoms. The molecule has 0 aliphatic rings. The molecule has 1 N–H and O–H groups in total. The largest absolute Gasteiger partial charge is 0.478 e. The van der Waals surface area contributed by atoms with Gasteiger partial charge in [0.2, 0.25) is 0 Å². The number of fused-ring (bicyclic) bond motifs is 1. The maximum atomic E-state index is 12.6. The molecule has 26 heavy (non-hydrogen) atoms. The highest BCUT2D eigenvalue weighted by atomic mass is 35.5. The van der Waals surface area contributed by atoms with Crippen LogP contribution in [-0.2, 0) is 11.3 Å². The summed E-state index contributed by atoms with van der Waals surface area (Å²) >= 11 is 7.31. The second-order valence-electron chi connectivity index (χ2n) is 6.34. The molecule has 0 saturated heterocycles. The van der Waals surface area contributed by atoms with Gasteiger partial charge in [-0.05, 0) is 61.2 Å². The summed E-state index contributed by atoms with van der Waals surface area (Å²) in [6.07, 6.45) is 0.843. The first-order chi connectivity index (χ1) is 12.4. The lowest BCUT2D eigenvalue weighted by molar-refractivity contribution is -0.134. The number of rotatable bonds is 6. The number of aldehydes is 1. The van der Waals surface area contributed by atoms with Crippen molar-refractivity contribution >= 4 is 45.2 Å². The summed E-state index contributed by atoms with van der Waals surface area (Å²) in [6.45, 7) is 3.79. The molecule has 6 heteroatoms. The number of ether oxygens (including phenoxy) is 1. The molecule has 0 fully saturated rings. The standard InChI is InChI=1S/C20H18ClNO3S/c1-20(2,25-15-8-6-14(21)7-9-15)19(24)22-11-13-4-3-5-18-17(13)10-16(12-23)26-18/h3-10,12H,11H2,1-2H3,(H,22,24). The molecule has 0 atom stereocenters. The van der Waals surface area contributed by atoms with Gasteiger partial charge in [0.15, 0.2) is 11.9 Å².